The lowest BCUT2D eigenvalue weighted by Crippen LogP contribution is -2.30. The monoisotopic (exact) mass is 674 g/mol. The summed E-state index contributed by atoms with van der Waals surface area (Å²) in [6.45, 7) is 1.87. The van der Waals surface area contributed by atoms with Crippen molar-refractivity contribution in [3.8, 4) is 11.5 Å². The SMILES string of the molecule is CCC(Sc1cccc(NC(=O)/C(=C\c2ccccc2[N+](=O)[O-])NC(=O)c2ccccc2)c1)C(=O)Nc1cc(Cl)c(OC)cc1OC. The first-order valence-electron chi connectivity index (χ1n) is 14.3. The molecule has 3 amide bonds. The standard InChI is InChI=1S/C34H31ClN4O7S/c1-4-31(34(42)37-26-19-25(35)29(45-2)20-30(26)46-3)47-24-15-10-14-23(18-24)36-33(41)27(38-32(40)21-11-6-5-7-12-21)17-22-13-8-9-16-28(22)39(43)44/h5-20,31H,4H2,1-3H3,(H,36,41)(H,37,42)(H,38,40)/b27-17+. The van der Waals surface area contributed by atoms with Gasteiger partial charge in [-0.3, -0.25) is 24.5 Å². The van der Waals surface area contributed by atoms with E-state index in [-0.39, 0.29) is 22.9 Å². The van der Waals surface area contributed by atoms with Gasteiger partial charge in [-0.15, -0.1) is 11.8 Å². The molecule has 3 N–H and O–H groups in total. The van der Waals surface area contributed by atoms with Crippen molar-refractivity contribution in [3.05, 3.63) is 123 Å². The number of carbonyl (C=O) groups is 3. The topological polar surface area (TPSA) is 149 Å². The fraction of sp³-hybridized carbons (Fsp3) is 0.147. The predicted molar refractivity (Wildman–Crippen MR) is 183 cm³/mol. The normalized spacial score (nSPS) is 11.6. The molecule has 13 heteroatoms. The lowest BCUT2D eigenvalue weighted by Gasteiger charge is -2.18. The highest BCUT2D eigenvalue weighted by Gasteiger charge is 2.22. The molecular formula is C34H31ClN4O7S. The molecule has 0 radical (unpaired) electrons. The molecule has 0 bridgehead atoms. The lowest BCUT2D eigenvalue weighted by atomic mass is 10.1. The summed E-state index contributed by atoms with van der Waals surface area (Å²) >= 11 is 7.55. The van der Waals surface area contributed by atoms with E-state index in [1.807, 2.05) is 6.92 Å². The molecule has 0 aliphatic heterocycles. The van der Waals surface area contributed by atoms with Crippen molar-refractivity contribution in [2.75, 3.05) is 24.9 Å². The number of para-hydroxylation sites is 1. The van der Waals surface area contributed by atoms with Crippen LogP contribution in [0.15, 0.2) is 102 Å². The Morgan fingerprint density at radius 1 is 0.915 bits per heavy atom. The van der Waals surface area contributed by atoms with Crippen LogP contribution in [0.25, 0.3) is 6.08 Å². The summed E-state index contributed by atoms with van der Waals surface area (Å²) in [5.41, 5.74) is 0.755. The fourth-order valence-electron chi connectivity index (χ4n) is 4.38. The molecule has 4 aromatic carbocycles. The number of halogens is 1. The maximum atomic E-state index is 13.5. The Morgan fingerprint density at radius 2 is 1.62 bits per heavy atom. The molecular weight excluding hydrogens is 644 g/mol. The minimum Gasteiger partial charge on any atom is -0.495 e. The fourth-order valence-corrected chi connectivity index (χ4v) is 5.63. The van der Waals surface area contributed by atoms with Crippen LogP contribution < -0.4 is 25.4 Å². The van der Waals surface area contributed by atoms with Crippen molar-refractivity contribution in [1.82, 2.24) is 5.32 Å². The number of nitrogens with one attached hydrogen (secondary N) is 3. The average Bonchev–Trinajstić information content (AvgIpc) is 3.07. The van der Waals surface area contributed by atoms with Gasteiger partial charge in [-0.05, 0) is 55.0 Å². The Morgan fingerprint density at radius 3 is 2.30 bits per heavy atom. The molecule has 4 rings (SSSR count). The number of ether oxygens (including phenoxy) is 2. The largest absolute Gasteiger partial charge is 0.495 e. The van der Waals surface area contributed by atoms with Crippen LogP contribution in [-0.4, -0.2) is 42.1 Å². The molecule has 0 spiro atoms. The van der Waals surface area contributed by atoms with E-state index in [2.05, 4.69) is 16.0 Å². The number of anilines is 2. The number of rotatable bonds is 13. The van der Waals surface area contributed by atoms with Crippen LogP contribution in [-0.2, 0) is 9.59 Å². The van der Waals surface area contributed by atoms with E-state index in [0.717, 1.165) is 0 Å². The third kappa shape index (κ3) is 9.12. The third-order valence-electron chi connectivity index (χ3n) is 6.73. The summed E-state index contributed by atoms with van der Waals surface area (Å²) in [6.07, 6.45) is 1.73. The van der Waals surface area contributed by atoms with Crippen molar-refractivity contribution in [1.29, 1.82) is 0 Å². The first-order valence-corrected chi connectivity index (χ1v) is 15.5. The molecule has 0 heterocycles. The zero-order valence-corrected chi connectivity index (χ0v) is 27.2. The van der Waals surface area contributed by atoms with Crippen LogP contribution in [0.4, 0.5) is 17.1 Å². The van der Waals surface area contributed by atoms with Gasteiger partial charge in [-0.25, -0.2) is 0 Å². The Hall–Kier alpha value is -5.33. The minimum atomic E-state index is -0.706. The second kappa shape index (κ2) is 16.3. The van der Waals surface area contributed by atoms with E-state index in [1.165, 1.54) is 50.3 Å². The number of nitro groups is 1. The molecule has 242 valence electrons. The summed E-state index contributed by atoms with van der Waals surface area (Å²) in [5, 5.41) is 19.6. The van der Waals surface area contributed by atoms with E-state index in [0.29, 0.717) is 44.8 Å². The first-order chi connectivity index (χ1) is 22.6. The van der Waals surface area contributed by atoms with Crippen LogP contribution in [0.5, 0.6) is 11.5 Å². The second-order valence-corrected chi connectivity index (χ2v) is 11.6. The van der Waals surface area contributed by atoms with Crippen LogP contribution in [0.1, 0.15) is 29.3 Å². The van der Waals surface area contributed by atoms with Gasteiger partial charge < -0.3 is 25.4 Å². The Balaban J connectivity index is 1.55. The highest BCUT2D eigenvalue weighted by molar-refractivity contribution is 8.00. The van der Waals surface area contributed by atoms with E-state index in [4.69, 9.17) is 21.1 Å². The number of carbonyl (C=O) groups excluding carboxylic acids is 3. The van der Waals surface area contributed by atoms with Gasteiger partial charge >= 0.3 is 0 Å². The predicted octanol–water partition coefficient (Wildman–Crippen LogP) is 7.18. The number of amides is 3. The van der Waals surface area contributed by atoms with Crippen LogP contribution in [0.3, 0.4) is 0 Å². The van der Waals surface area contributed by atoms with Crippen molar-refractivity contribution in [3.63, 3.8) is 0 Å². The van der Waals surface area contributed by atoms with Crippen molar-refractivity contribution < 1.29 is 28.8 Å². The summed E-state index contributed by atoms with van der Waals surface area (Å²) in [7, 11) is 2.95. The zero-order chi connectivity index (χ0) is 33.9. The molecule has 0 aromatic heterocycles. The van der Waals surface area contributed by atoms with E-state index >= 15 is 0 Å². The van der Waals surface area contributed by atoms with Crippen molar-refractivity contribution in [2.24, 2.45) is 0 Å². The number of hydrogen-bond donors (Lipinski definition) is 3. The Kier molecular flexibility index (Phi) is 12.0. The van der Waals surface area contributed by atoms with Gasteiger partial charge in [0.1, 0.15) is 17.2 Å². The molecule has 4 aromatic rings. The highest BCUT2D eigenvalue weighted by atomic mass is 35.5. The lowest BCUT2D eigenvalue weighted by molar-refractivity contribution is -0.385. The molecule has 0 aliphatic rings. The summed E-state index contributed by atoms with van der Waals surface area (Å²) in [6, 6.07) is 24.1. The highest BCUT2D eigenvalue weighted by Crippen LogP contribution is 2.37. The van der Waals surface area contributed by atoms with Gasteiger partial charge in [0, 0.05) is 28.3 Å². The first kappa shape index (κ1) is 34.5. The molecule has 1 unspecified atom stereocenters. The quantitative estimate of drug-likeness (QED) is 0.0584. The molecule has 11 nitrogen and oxygen atoms in total. The van der Waals surface area contributed by atoms with Gasteiger partial charge in [-0.1, -0.05) is 54.9 Å². The molecule has 47 heavy (non-hydrogen) atoms. The third-order valence-corrected chi connectivity index (χ3v) is 8.38. The average molecular weight is 675 g/mol. The second-order valence-electron chi connectivity index (χ2n) is 9.87. The molecule has 0 saturated carbocycles. The number of hydrogen-bond acceptors (Lipinski definition) is 8. The van der Waals surface area contributed by atoms with Gasteiger partial charge in [0.05, 0.1) is 40.7 Å². The maximum Gasteiger partial charge on any atom is 0.276 e. The number of nitro benzene ring substituents is 1. The van der Waals surface area contributed by atoms with Gasteiger partial charge in [0.25, 0.3) is 17.5 Å². The van der Waals surface area contributed by atoms with Crippen molar-refractivity contribution >= 4 is 64.2 Å². The molecule has 0 aliphatic carbocycles. The summed E-state index contributed by atoms with van der Waals surface area (Å²) < 4.78 is 10.6. The van der Waals surface area contributed by atoms with Gasteiger partial charge in [-0.2, -0.15) is 0 Å². The van der Waals surface area contributed by atoms with Gasteiger partial charge in [0.15, 0.2) is 0 Å². The Bertz CT molecular complexity index is 1820. The molecule has 0 saturated heterocycles. The maximum absolute atomic E-state index is 13.5. The molecule has 1 atom stereocenters. The van der Waals surface area contributed by atoms with Gasteiger partial charge in [0.2, 0.25) is 5.91 Å². The summed E-state index contributed by atoms with van der Waals surface area (Å²) in [5.74, 6) is -0.774. The van der Waals surface area contributed by atoms with E-state index in [9.17, 15) is 24.5 Å². The Labute approximate surface area is 280 Å². The number of benzene rings is 4. The molecule has 0 fully saturated rings. The van der Waals surface area contributed by atoms with Crippen LogP contribution >= 0.6 is 23.4 Å². The van der Waals surface area contributed by atoms with Crippen molar-refractivity contribution in [2.45, 2.75) is 23.5 Å². The van der Waals surface area contributed by atoms with E-state index < -0.39 is 22.0 Å². The number of nitrogens with zero attached hydrogens (tertiary/aromatic N) is 1. The van der Waals surface area contributed by atoms with E-state index in [1.54, 1.807) is 72.8 Å². The van der Waals surface area contributed by atoms with Crippen LogP contribution in [0, 0.1) is 10.1 Å². The summed E-state index contributed by atoms with van der Waals surface area (Å²) in [4.78, 5) is 51.5. The zero-order valence-electron chi connectivity index (χ0n) is 25.6. The number of thioether (sulfide) groups is 1. The smallest absolute Gasteiger partial charge is 0.276 e. The minimum absolute atomic E-state index is 0.131. The van der Waals surface area contributed by atoms with Crippen LogP contribution in [0.2, 0.25) is 5.02 Å². The number of methoxy groups -OCH3 is 2.